The number of rotatable bonds is 7. The Balaban J connectivity index is 1.58. The summed E-state index contributed by atoms with van der Waals surface area (Å²) in [7, 11) is 0. The van der Waals surface area contributed by atoms with Crippen molar-refractivity contribution in [3.63, 3.8) is 0 Å². The van der Waals surface area contributed by atoms with E-state index < -0.39 is 11.8 Å². The maximum absolute atomic E-state index is 12.2. The minimum Gasteiger partial charge on any atom is -0.481 e. The number of primary amides is 1. The van der Waals surface area contributed by atoms with Gasteiger partial charge in [0.25, 0.3) is 11.8 Å². The van der Waals surface area contributed by atoms with Gasteiger partial charge in [-0.2, -0.15) is 0 Å². The molecule has 0 spiro atoms. The highest BCUT2D eigenvalue weighted by molar-refractivity contribution is 6.35. The van der Waals surface area contributed by atoms with E-state index in [1.165, 1.54) is 12.1 Å². The van der Waals surface area contributed by atoms with E-state index in [1.807, 2.05) is 6.07 Å². The van der Waals surface area contributed by atoms with Gasteiger partial charge < -0.3 is 21.1 Å². The first-order valence-electron chi connectivity index (χ1n) is 8.56. The number of nitrogens with two attached hydrogens (primary N) is 1. The van der Waals surface area contributed by atoms with Crippen LogP contribution in [0.3, 0.4) is 0 Å². The first-order chi connectivity index (χ1) is 13.9. The van der Waals surface area contributed by atoms with Crippen LogP contribution in [0.15, 0.2) is 54.7 Å². The summed E-state index contributed by atoms with van der Waals surface area (Å²) in [6.07, 6.45) is 1.62. The number of fused-ring (bicyclic) bond motifs is 1. The van der Waals surface area contributed by atoms with Gasteiger partial charge in [0.1, 0.15) is 11.3 Å². The van der Waals surface area contributed by atoms with Crippen LogP contribution in [0.5, 0.6) is 5.75 Å². The second-order valence-electron chi connectivity index (χ2n) is 6.01. The molecule has 4 N–H and O–H groups in total. The maximum atomic E-state index is 12.2. The number of amides is 3. The summed E-state index contributed by atoms with van der Waals surface area (Å²) >= 11 is 6.14. The lowest BCUT2D eigenvalue weighted by Crippen LogP contribution is -2.33. The predicted molar refractivity (Wildman–Crippen MR) is 109 cm³/mol. The molecule has 9 heteroatoms. The van der Waals surface area contributed by atoms with E-state index in [-0.39, 0.29) is 19.1 Å². The molecule has 0 bridgehead atoms. The van der Waals surface area contributed by atoms with Crippen molar-refractivity contribution in [2.45, 2.75) is 0 Å². The quantitative estimate of drug-likeness (QED) is 0.548. The molecule has 0 unspecified atom stereocenters. The van der Waals surface area contributed by atoms with Crippen molar-refractivity contribution in [2.24, 2.45) is 5.73 Å². The van der Waals surface area contributed by atoms with Crippen molar-refractivity contribution in [3.8, 4) is 5.75 Å². The zero-order chi connectivity index (χ0) is 20.8. The van der Waals surface area contributed by atoms with E-state index in [4.69, 9.17) is 22.1 Å². The first-order valence-corrected chi connectivity index (χ1v) is 8.94. The summed E-state index contributed by atoms with van der Waals surface area (Å²) < 4.78 is 5.58. The molecule has 2 aromatic carbocycles. The number of pyridine rings is 1. The van der Waals surface area contributed by atoms with Crippen LogP contribution in [0.4, 0.5) is 5.69 Å². The van der Waals surface area contributed by atoms with Crippen molar-refractivity contribution >= 4 is 45.9 Å². The fourth-order valence-corrected chi connectivity index (χ4v) is 2.76. The highest BCUT2D eigenvalue weighted by Crippen LogP contribution is 2.29. The van der Waals surface area contributed by atoms with Crippen LogP contribution in [0.2, 0.25) is 5.02 Å². The van der Waals surface area contributed by atoms with Crippen molar-refractivity contribution < 1.29 is 19.1 Å². The number of carbonyl (C=O) groups excluding carboxylic acids is 3. The van der Waals surface area contributed by atoms with E-state index in [1.54, 1.807) is 36.5 Å². The van der Waals surface area contributed by atoms with Gasteiger partial charge in [0, 0.05) is 22.8 Å². The number of hydrogen-bond donors (Lipinski definition) is 3. The smallest absolute Gasteiger partial charge is 0.262 e. The Hall–Kier alpha value is -3.65. The molecule has 29 heavy (non-hydrogen) atoms. The molecule has 0 aliphatic rings. The normalized spacial score (nSPS) is 10.4. The molecule has 0 aliphatic carbocycles. The highest BCUT2D eigenvalue weighted by atomic mass is 35.5. The zero-order valence-electron chi connectivity index (χ0n) is 15.1. The number of halogens is 1. The molecule has 1 heterocycles. The topological polar surface area (TPSA) is 123 Å². The first kappa shape index (κ1) is 20.1. The van der Waals surface area contributed by atoms with Gasteiger partial charge in [0.05, 0.1) is 11.6 Å². The number of aromatic nitrogens is 1. The average Bonchev–Trinajstić information content (AvgIpc) is 2.72. The zero-order valence-corrected chi connectivity index (χ0v) is 15.9. The number of hydrogen-bond acceptors (Lipinski definition) is 5. The SMILES string of the molecule is NC(=O)CNC(=O)c1ccc(NC(=O)COc2ccc(Cl)c3cccnc23)cc1. The number of anilines is 1. The van der Waals surface area contributed by atoms with Crippen LogP contribution in [0.1, 0.15) is 10.4 Å². The number of carbonyl (C=O) groups is 3. The van der Waals surface area contributed by atoms with Crippen LogP contribution in [0.25, 0.3) is 10.9 Å². The van der Waals surface area contributed by atoms with Crippen LogP contribution < -0.4 is 21.1 Å². The molecular weight excluding hydrogens is 396 g/mol. The summed E-state index contributed by atoms with van der Waals surface area (Å²) in [6, 6.07) is 13.1. The number of nitrogens with zero attached hydrogens (tertiary/aromatic N) is 1. The van der Waals surface area contributed by atoms with E-state index in [9.17, 15) is 14.4 Å². The van der Waals surface area contributed by atoms with Crippen LogP contribution in [-0.4, -0.2) is 35.9 Å². The van der Waals surface area contributed by atoms with Crippen molar-refractivity contribution in [1.29, 1.82) is 0 Å². The molecule has 0 saturated heterocycles. The molecular formula is C20H17ClN4O4. The molecule has 0 fully saturated rings. The molecule has 0 atom stereocenters. The van der Waals surface area contributed by atoms with Crippen LogP contribution in [-0.2, 0) is 9.59 Å². The van der Waals surface area contributed by atoms with Gasteiger partial charge in [-0.05, 0) is 48.5 Å². The number of ether oxygens (including phenoxy) is 1. The standard InChI is InChI=1S/C20H17ClN4O4/c21-15-7-8-16(19-14(15)2-1-9-23-19)29-11-18(27)25-13-5-3-12(4-6-13)20(28)24-10-17(22)26/h1-9H,10-11H2,(H2,22,26)(H,24,28)(H,25,27). The van der Waals surface area contributed by atoms with Crippen LogP contribution >= 0.6 is 11.6 Å². The number of benzene rings is 2. The Morgan fingerprint density at radius 1 is 1.07 bits per heavy atom. The molecule has 3 rings (SSSR count). The van der Waals surface area contributed by atoms with Gasteiger partial charge in [-0.3, -0.25) is 19.4 Å². The van der Waals surface area contributed by atoms with E-state index in [0.29, 0.717) is 27.5 Å². The van der Waals surface area contributed by atoms with E-state index >= 15 is 0 Å². The van der Waals surface area contributed by atoms with Gasteiger partial charge in [-0.25, -0.2) is 0 Å². The van der Waals surface area contributed by atoms with Gasteiger partial charge >= 0.3 is 0 Å². The third-order valence-electron chi connectivity index (χ3n) is 3.89. The molecule has 3 amide bonds. The van der Waals surface area contributed by atoms with Gasteiger partial charge in [0.15, 0.2) is 6.61 Å². The van der Waals surface area contributed by atoms with Crippen molar-refractivity contribution in [3.05, 3.63) is 65.3 Å². The summed E-state index contributed by atoms with van der Waals surface area (Å²) in [5, 5.41) is 6.33. The minimum absolute atomic E-state index is 0.228. The fraction of sp³-hybridized carbons (Fsp3) is 0.100. The van der Waals surface area contributed by atoms with Crippen molar-refractivity contribution in [2.75, 3.05) is 18.5 Å². The summed E-state index contributed by atoms with van der Waals surface area (Å²) in [5.41, 5.74) is 6.37. The van der Waals surface area contributed by atoms with Crippen LogP contribution in [0, 0.1) is 0 Å². The molecule has 8 nitrogen and oxygen atoms in total. The largest absolute Gasteiger partial charge is 0.481 e. The lowest BCUT2D eigenvalue weighted by molar-refractivity contribution is -0.118. The third-order valence-corrected chi connectivity index (χ3v) is 4.22. The third kappa shape index (κ3) is 5.20. The Bertz CT molecular complexity index is 1070. The summed E-state index contributed by atoms with van der Waals surface area (Å²) in [5.74, 6) is -1.00. The Morgan fingerprint density at radius 2 is 1.83 bits per heavy atom. The molecule has 1 aromatic heterocycles. The summed E-state index contributed by atoms with van der Waals surface area (Å²) in [4.78, 5) is 39.0. The fourth-order valence-electron chi connectivity index (χ4n) is 2.54. The maximum Gasteiger partial charge on any atom is 0.262 e. The van der Waals surface area contributed by atoms with Gasteiger partial charge in [-0.1, -0.05) is 11.6 Å². The van der Waals surface area contributed by atoms with Crippen molar-refractivity contribution in [1.82, 2.24) is 10.3 Å². The monoisotopic (exact) mass is 412 g/mol. The molecule has 148 valence electrons. The lowest BCUT2D eigenvalue weighted by Gasteiger charge is -2.10. The second-order valence-corrected chi connectivity index (χ2v) is 6.42. The molecule has 0 aliphatic heterocycles. The second kappa shape index (κ2) is 9.03. The van der Waals surface area contributed by atoms with Gasteiger partial charge in [0.2, 0.25) is 5.91 Å². The number of nitrogens with one attached hydrogen (secondary N) is 2. The Kier molecular flexibility index (Phi) is 6.25. The van der Waals surface area contributed by atoms with Gasteiger partial charge in [-0.15, -0.1) is 0 Å². The lowest BCUT2D eigenvalue weighted by atomic mass is 10.2. The van der Waals surface area contributed by atoms with E-state index in [0.717, 1.165) is 5.39 Å². The highest BCUT2D eigenvalue weighted by Gasteiger charge is 2.10. The Morgan fingerprint density at radius 3 is 2.55 bits per heavy atom. The molecule has 3 aromatic rings. The predicted octanol–water partition coefficient (Wildman–Crippen LogP) is 2.12. The average molecular weight is 413 g/mol. The molecule has 0 saturated carbocycles. The Labute approximate surface area is 171 Å². The minimum atomic E-state index is -0.633. The molecule has 0 radical (unpaired) electrons. The summed E-state index contributed by atoms with van der Waals surface area (Å²) in [6.45, 7) is -0.475. The van der Waals surface area contributed by atoms with E-state index in [2.05, 4.69) is 15.6 Å².